The number of allylic oxidation sites excluding steroid dienone is 3. The highest BCUT2D eigenvalue weighted by molar-refractivity contribution is 5.91. The molecule has 14 heteroatoms. The van der Waals surface area contributed by atoms with Crippen LogP contribution < -0.4 is 15.2 Å². The summed E-state index contributed by atoms with van der Waals surface area (Å²) in [6, 6.07) is 9.88. The predicted octanol–water partition coefficient (Wildman–Crippen LogP) is 6.10. The second kappa shape index (κ2) is 11.8. The highest BCUT2D eigenvalue weighted by Crippen LogP contribution is 2.39. The first-order valence-corrected chi connectivity index (χ1v) is 13.2. The van der Waals surface area contributed by atoms with Gasteiger partial charge in [0, 0.05) is 22.4 Å². The molecule has 0 bridgehead atoms. The van der Waals surface area contributed by atoms with E-state index in [0.717, 1.165) is 12.1 Å². The van der Waals surface area contributed by atoms with E-state index in [1.165, 1.54) is 6.92 Å². The van der Waals surface area contributed by atoms with E-state index in [2.05, 4.69) is 14.4 Å². The molecule has 3 aromatic rings. The molecule has 0 aliphatic heterocycles. The summed E-state index contributed by atoms with van der Waals surface area (Å²) in [5.74, 6) is -7.95. The SMILES string of the molecule is [C-]#[N+]C([N+]#[C-])=C1Cc2c(C#N)c3c(c(C#N)c2=C1c1cc(F)c(C)c(F)c1)CC(=C(C#N)C#N)C=3c1cc(F)c(OC(F)(F)F)c(F)c1. The van der Waals surface area contributed by atoms with Crippen LogP contribution in [0.25, 0.3) is 20.8 Å². The van der Waals surface area contributed by atoms with Gasteiger partial charge < -0.3 is 4.74 Å². The molecule has 0 spiro atoms. The number of alkyl halides is 3. The minimum absolute atomic E-state index is 0.0174. The number of nitriles is 4. The van der Waals surface area contributed by atoms with Crippen molar-refractivity contribution in [2.45, 2.75) is 26.1 Å². The monoisotopic (exact) mass is 652 g/mol. The molecule has 232 valence electrons. The van der Waals surface area contributed by atoms with Crippen molar-refractivity contribution in [3.63, 3.8) is 0 Å². The fraction of sp³-hybridized carbons (Fsp3) is 0.118. The van der Waals surface area contributed by atoms with Gasteiger partial charge in [0.25, 0.3) is 0 Å². The molecule has 0 N–H and O–H groups in total. The van der Waals surface area contributed by atoms with Crippen LogP contribution in [-0.4, -0.2) is 6.36 Å². The Morgan fingerprint density at radius 1 is 0.729 bits per heavy atom. The Kier molecular flexibility index (Phi) is 8.00. The molecule has 0 saturated heterocycles. The zero-order valence-electron chi connectivity index (χ0n) is 24.0. The van der Waals surface area contributed by atoms with Gasteiger partial charge in [0.1, 0.15) is 54.6 Å². The Hall–Kier alpha value is -6.87. The van der Waals surface area contributed by atoms with Crippen LogP contribution in [0.2, 0.25) is 0 Å². The molecule has 48 heavy (non-hydrogen) atoms. The molecular formula is C34H11F7N6O. The van der Waals surface area contributed by atoms with E-state index in [4.69, 9.17) is 13.1 Å². The third kappa shape index (κ3) is 5.05. The van der Waals surface area contributed by atoms with Crippen molar-refractivity contribution in [1.29, 1.82) is 21.0 Å². The number of benzene rings is 3. The number of nitrogens with zero attached hydrogens (tertiary/aromatic N) is 6. The maximum absolute atomic E-state index is 15.0. The van der Waals surface area contributed by atoms with Gasteiger partial charge in [-0.2, -0.15) is 30.7 Å². The normalized spacial score (nSPS) is 13.0. The second-order valence-electron chi connectivity index (χ2n) is 10.3. The van der Waals surface area contributed by atoms with Crippen LogP contribution in [0.5, 0.6) is 5.75 Å². The third-order valence-electron chi connectivity index (χ3n) is 7.82. The topological polar surface area (TPSA) is 113 Å². The maximum Gasteiger partial charge on any atom is 0.573 e. The van der Waals surface area contributed by atoms with Crippen molar-refractivity contribution in [3.05, 3.63) is 142 Å². The van der Waals surface area contributed by atoms with Crippen molar-refractivity contribution in [1.82, 2.24) is 0 Å². The molecule has 0 saturated carbocycles. The second-order valence-corrected chi connectivity index (χ2v) is 10.3. The first kappa shape index (κ1) is 32.5. The minimum Gasteiger partial charge on any atom is -0.399 e. The van der Waals surface area contributed by atoms with Gasteiger partial charge in [-0.3, -0.25) is 0 Å². The van der Waals surface area contributed by atoms with Crippen LogP contribution in [-0.2, 0) is 12.8 Å². The maximum atomic E-state index is 15.0. The molecule has 0 radical (unpaired) electrons. The lowest BCUT2D eigenvalue weighted by atomic mass is 9.92. The van der Waals surface area contributed by atoms with Gasteiger partial charge >= 0.3 is 12.2 Å². The first-order chi connectivity index (χ1) is 22.7. The number of fused-ring (bicyclic) bond motifs is 2. The summed E-state index contributed by atoms with van der Waals surface area (Å²) in [5.41, 5.74) is -3.00. The van der Waals surface area contributed by atoms with E-state index in [-0.39, 0.29) is 66.1 Å². The molecule has 0 aromatic heterocycles. The molecule has 0 atom stereocenters. The van der Waals surface area contributed by atoms with E-state index in [0.29, 0.717) is 12.1 Å². The van der Waals surface area contributed by atoms with E-state index < -0.39 is 65.2 Å². The standard InChI is InChI=1S/C34H11F7N6O/c1-14-24(35)4-15(5-25(14)36)29-21(33(46-2)47-3)9-20-23(13-45)30-19(22(12-44)31(20)29)8-18(17(10-42)11-43)28(30)16-6-26(37)32(27(38)7-16)48-34(39,40)41/h4-7H,8-9H2,1H3. The van der Waals surface area contributed by atoms with Gasteiger partial charge in [-0.05, 0) is 76.6 Å². The lowest BCUT2D eigenvalue weighted by Crippen LogP contribution is -2.26. The zero-order chi connectivity index (χ0) is 35.2. The summed E-state index contributed by atoms with van der Waals surface area (Å²) in [4.78, 5) is 6.43. The summed E-state index contributed by atoms with van der Waals surface area (Å²) in [7, 11) is 0. The molecule has 2 aliphatic carbocycles. The van der Waals surface area contributed by atoms with E-state index >= 15 is 0 Å². The summed E-state index contributed by atoms with van der Waals surface area (Å²) in [6.07, 6.45) is -6.34. The van der Waals surface area contributed by atoms with Crippen molar-refractivity contribution >= 4 is 11.1 Å². The van der Waals surface area contributed by atoms with Crippen molar-refractivity contribution in [2.24, 2.45) is 0 Å². The first-order valence-electron chi connectivity index (χ1n) is 13.2. The van der Waals surface area contributed by atoms with E-state index in [1.54, 1.807) is 12.1 Å². The fourth-order valence-electron chi connectivity index (χ4n) is 5.91. The predicted molar refractivity (Wildman–Crippen MR) is 150 cm³/mol. The van der Waals surface area contributed by atoms with Crippen molar-refractivity contribution < 1.29 is 35.5 Å². The van der Waals surface area contributed by atoms with Crippen molar-refractivity contribution in [2.75, 3.05) is 0 Å². The van der Waals surface area contributed by atoms with Crippen LogP contribution in [0.1, 0.15) is 38.9 Å². The van der Waals surface area contributed by atoms with Crippen LogP contribution in [0.4, 0.5) is 30.7 Å². The van der Waals surface area contributed by atoms with E-state index in [1.807, 2.05) is 12.1 Å². The van der Waals surface area contributed by atoms with Gasteiger partial charge in [-0.25, -0.2) is 17.6 Å². The quantitative estimate of drug-likeness (QED) is 0.193. The van der Waals surface area contributed by atoms with Crippen LogP contribution in [0, 0.1) is 88.7 Å². The molecule has 0 unspecified atom stereocenters. The van der Waals surface area contributed by atoms with Gasteiger partial charge in [0.05, 0.1) is 16.7 Å². The molecule has 0 fully saturated rings. The summed E-state index contributed by atoms with van der Waals surface area (Å²) in [5, 5.41) is 40.2. The van der Waals surface area contributed by atoms with Crippen LogP contribution >= 0.6 is 0 Å². The summed E-state index contributed by atoms with van der Waals surface area (Å²) >= 11 is 0. The smallest absolute Gasteiger partial charge is 0.399 e. The van der Waals surface area contributed by atoms with Crippen molar-refractivity contribution in [3.8, 4) is 30.0 Å². The molecular weight excluding hydrogens is 641 g/mol. The van der Waals surface area contributed by atoms with Gasteiger partial charge in [-0.15, -0.1) is 13.2 Å². The Labute approximate surface area is 266 Å². The van der Waals surface area contributed by atoms with Gasteiger partial charge in [0.15, 0.2) is 11.6 Å². The Bertz CT molecular complexity index is 2410. The Balaban J connectivity index is 2.06. The van der Waals surface area contributed by atoms with E-state index in [9.17, 15) is 51.8 Å². The number of hydrogen-bond donors (Lipinski definition) is 0. The van der Waals surface area contributed by atoms with Gasteiger partial charge in [-0.1, -0.05) is 0 Å². The van der Waals surface area contributed by atoms with Crippen LogP contribution in [0.3, 0.4) is 0 Å². The number of ether oxygens (including phenoxy) is 1. The summed E-state index contributed by atoms with van der Waals surface area (Å²) in [6.45, 7) is 16.3. The zero-order valence-corrected chi connectivity index (χ0v) is 24.0. The molecule has 2 aliphatic rings. The highest BCUT2D eigenvalue weighted by Gasteiger charge is 2.38. The molecule has 5 rings (SSSR count). The Morgan fingerprint density at radius 3 is 1.54 bits per heavy atom. The fourth-order valence-corrected chi connectivity index (χ4v) is 5.91. The average molecular weight is 652 g/mol. The molecule has 3 aromatic carbocycles. The van der Waals surface area contributed by atoms with Crippen LogP contribution in [0.15, 0.2) is 46.8 Å². The third-order valence-corrected chi connectivity index (χ3v) is 7.82. The number of rotatable bonds is 3. The Morgan fingerprint density at radius 2 is 1.15 bits per heavy atom. The molecule has 0 amide bonds. The lowest BCUT2D eigenvalue weighted by Gasteiger charge is -2.13. The molecule has 0 heterocycles. The minimum atomic E-state index is -5.47. The molecule has 7 nitrogen and oxygen atoms in total. The number of halogens is 7. The lowest BCUT2D eigenvalue weighted by molar-refractivity contribution is -0.276. The highest BCUT2D eigenvalue weighted by atomic mass is 19.4. The van der Waals surface area contributed by atoms with Gasteiger partial charge in [0.2, 0.25) is 5.75 Å². The largest absolute Gasteiger partial charge is 0.573 e. The summed E-state index contributed by atoms with van der Waals surface area (Å²) < 4.78 is 102. The average Bonchev–Trinajstić information content (AvgIpc) is 3.61. The number of hydrogen-bond acceptors (Lipinski definition) is 5.